The van der Waals surface area contributed by atoms with Gasteiger partial charge in [0, 0.05) is 21.7 Å². The van der Waals surface area contributed by atoms with Crippen LogP contribution in [0, 0.1) is 0 Å². The fourth-order valence-electron chi connectivity index (χ4n) is 3.04. The first-order valence-corrected chi connectivity index (χ1v) is 10.5. The zero-order chi connectivity index (χ0) is 21.1. The second kappa shape index (κ2) is 8.81. The Labute approximate surface area is 181 Å². The number of para-hydroxylation sites is 1. The summed E-state index contributed by atoms with van der Waals surface area (Å²) in [5.74, 6) is 1.34. The largest absolute Gasteiger partial charge is 0.496 e. The molecule has 4 aromatic rings. The summed E-state index contributed by atoms with van der Waals surface area (Å²) >= 11 is 7.49. The predicted molar refractivity (Wildman–Crippen MR) is 115 cm³/mol. The predicted octanol–water partition coefficient (Wildman–Crippen LogP) is 5.35. The molecule has 1 N–H and O–H groups in total. The van der Waals surface area contributed by atoms with Gasteiger partial charge in [0.1, 0.15) is 11.3 Å². The normalized spacial score (nSPS) is 11.0. The number of aromatic nitrogens is 3. The Hall–Kier alpha value is -2.97. The van der Waals surface area contributed by atoms with Gasteiger partial charge >= 0.3 is 5.97 Å². The van der Waals surface area contributed by atoms with Crippen LogP contribution in [0.1, 0.15) is 23.0 Å². The Balaban J connectivity index is 1.61. The second-order valence-corrected chi connectivity index (χ2v) is 7.61. The molecule has 30 heavy (non-hydrogen) atoms. The van der Waals surface area contributed by atoms with Gasteiger partial charge in [-0.1, -0.05) is 41.6 Å². The van der Waals surface area contributed by atoms with Gasteiger partial charge < -0.3 is 13.9 Å². The molecule has 2 aromatic carbocycles. The quantitative estimate of drug-likeness (QED) is 0.304. The Morgan fingerprint density at radius 2 is 2.10 bits per heavy atom. The molecule has 4 rings (SSSR count). The molecule has 0 amide bonds. The van der Waals surface area contributed by atoms with Gasteiger partial charge in [0.25, 0.3) is 0 Å². The molecular weight excluding hydrogens is 426 g/mol. The number of nitrogens with zero attached hydrogens (tertiary/aromatic N) is 2. The minimum Gasteiger partial charge on any atom is -0.496 e. The van der Waals surface area contributed by atoms with Crippen molar-refractivity contribution in [3.05, 3.63) is 58.8 Å². The number of furan rings is 1. The first kappa shape index (κ1) is 20.3. The highest BCUT2D eigenvalue weighted by Gasteiger charge is 2.22. The third-order valence-corrected chi connectivity index (χ3v) is 5.50. The number of aromatic amines is 1. The summed E-state index contributed by atoms with van der Waals surface area (Å²) in [7, 11) is 1.58. The summed E-state index contributed by atoms with van der Waals surface area (Å²) in [6.45, 7) is 2.03. The van der Waals surface area contributed by atoms with Crippen LogP contribution in [0.2, 0.25) is 5.02 Å². The van der Waals surface area contributed by atoms with E-state index in [4.69, 9.17) is 25.5 Å². The molecule has 2 heterocycles. The number of ether oxygens (including phenoxy) is 2. The zero-order valence-electron chi connectivity index (χ0n) is 16.3. The highest BCUT2D eigenvalue weighted by atomic mass is 35.5. The van der Waals surface area contributed by atoms with E-state index in [1.165, 1.54) is 11.8 Å². The lowest BCUT2D eigenvalue weighted by Crippen LogP contribution is -2.05. The lowest BCUT2D eigenvalue weighted by Gasteiger charge is -2.05. The maximum Gasteiger partial charge on any atom is 0.374 e. The van der Waals surface area contributed by atoms with Crippen molar-refractivity contribution in [3.63, 3.8) is 0 Å². The molecule has 0 radical (unpaired) electrons. The Kier molecular flexibility index (Phi) is 5.96. The number of carbonyl (C=O) groups excluding carboxylic acids is 1. The van der Waals surface area contributed by atoms with Crippen molar-refractivity contribution in [2.45, 2.75) is 17.8 Å². The molecular formula is C21H18ClN3O4S. The van der Waals surface area contributed by atoms with Crippen LogP contribution in [0.4, 0.5) is 0 Å². The molecule has 7 nitrogen and oxygen atoms in total. The van der Waals surface area contributed by atoms with Crippen molar-refractivity contribution >= 4 is 40.3 Å². The number of nitrogens with one attached hydrogen (secondary N) is 1. The standard InChI is InChI=1S/C21H18ClN3O4S/c1-3-28-20(26)18-15(13-6-4-5-7-17(13)29-18)11-30-21-23-19(24-25-21)14-10-12(22)8-9-16(14)27-2/h4-10H,3,11H2,1-2H3,(H,23,24,25). The van der Waals surface area contributed by atoms with Gasteiger partial charge in [0.15, 0.2) is 5.82 Å². The molecule has 0 aliphatic heterocycles. The third kappa shape index (κ3) is 4.01. The first-order chi connectivity index (χ1) is 14.6. The van der Waals surface area contributed by atoms with Crippen LogP contribution in [0.3, 0.4) is 0 Å². The van der Waals surface area contributed by atoms with E-state index in [2.05, 4.69) is 15.2 Å². The molecule has 0 bridgehead atoms. The van der Waals surface area contributed by atoms with E-state index in [1.807, 2.05) is 24.3 Å². The van der Waals surface area contributed by atoms with Crippen molar-refractivity contribution in [3.8, 4) is 17.1 Å². The topological polar surface area (TPSA) is 90.2 Å². The summed E-state index contributed by atoms with van der Waals surface area (Å²) in [5.41, 5.74) is 2.10. The number of fused-ring (bicyclic) bond motifs is 1. The van der Waals surface area contributed by atoms with Crippen molar-refractivity contribution in [1.82, 2.24) is 15.2 Å². The van der Waals surface area contributed by atoms with E-state index in [-0.39, 0.29) is 12.4 Å². The Morgan fingerprint density at radius 3 is 2.90 bits per heavy atom. The third-order valence-electron chi connectivity index (χ3n) is 4.39. The molecule has 0 fully saturated rings. The molecule has 154 valence electrons. The van der Waals surface area contributed by atoms with Gasteiger partial charge in [0.05, 0.1) is 19.3 Å². The molecule has 0 aliphatic carbocycles. The summed E-state index contributed by atoms with van der Waals surface area (Å²) in [6.07, 6.45) is 0. The molecule has 0 spiro atoms. The average Bonchev–Trinajstić information content (AvgIpc) is 3.37. The van der Waals surface area contributed by atoms with Crippen LogP contribution in [0.15, 0.2) is 52.0 Å². The van der Waals surface area contributed by atoms with Crippen molar-refractivity contribution in [2.24, 2.45) is 0 Å². The van der Waals surface area contributed by atoms with Crippen LogP contribution < -0.4 is 4.74 Å². The zero-order valence-corrected chi connectivity index (χ0v) is 17.8. The summed E-state index contributed by atoms with van der Waals surface area (Å²) in [4.78, 5) is 16.9. The maximum absolute atomic E-state index is 12.3. The Bertz CT molecular complexity index is 1200. The van der Waals surface area contributed by atoms with E-state index in [1.54, 1.807) is 32.2 Å². The highest BCUT2D eigenvalue weighted by Crippen LogP contribution is 2.34. The number of benzene rings is 2. The molecule has 0 saturated heterocycles. The molecule has 0 aliphatic rings. The summed E-state index contributed by atoms with van der Waals surface area (Å²) < 4.78 is 16.3. The Morgan fingerprint density at radius 1 is 1.27 bits per heavy atom. The number of hydrogen-bond donors (Lipinski definition) is 1. The van der Waals surface area contributed by atoms with E-state index in [9.17, 15) is 4.79 Å². The summed E-state index contributed by atoms with van der Waals surface area (Å²) in [6, 6.07) is 12.8. The highest BCUT2D eigenvalue weighted by molar-refractivity contribution is 7.98. The number of rotatable bonds is 7. The van der Waals surface area contributed by atoms with Crippen LogP contribution in [0.25, 0.3) is 22.4 Å². The minimum absolute atomic E-state index is 0.206. The van der Waals surface area contributed by atoms with Gasteiger partial charge in [-0.2, -0.15) is 0 Å². The van der Waals surface area contributed by atoms with Gasteiger partial charge in [-0.3, -0.25) is 5.10 Å². The fraction of sp³-hybridized carbons (Fsp3) is 0.190. The number of H-pyrrole nitrogens is 1. The van der Waals surface area contributed by atoms with Crippen molar-refractivity contribution in [1.29, 1.82) is 0 Å². The lowest BCUT2D eigenvalue weighted by molar-refractivity contribution is 0.0491. The number of halogens is 1. The monoisotopic (exact) mass is 443 g/mol. The first-order valence-electron chi connectivity index (χ1n) is 9.17. The van der Waals surface area contributed by atoms with Crippen LogP contribution >= 0.6 is 23.4 Å². The van der Waals surface area contributed by atoms with E-state index in [0.29, 0.717) is 38.7 Å². The maximum atomic E-state index is 12.3. The summed E-state index contributed by atoms with van der Waals surface area (Å²) in [5, 5.41) is 9.13. The minimum atomic E-state index is -0.483. The fourth-order valence-corrected chi connectivity index (χ4v) is 4.04. The van der Waals surface area contributed by atoms with Crippen molar-refractivity contribution in [2.75, 3.05) is 13.7 Å². The molecule has 0 saturated carbocycles. The molecule has 0 unspecified atom stereocenters. The smallest absolute Gasteiger partial charge is 0.374 e. The SMILES string of the molecule is CCOC(=O)c1oc2ccccc2c1CSc1n[nH]c(-c2cc(Cl)ccc2OC)n1. The lowest BCUT2D eigenvalue weighted by atomic mass is 10.1. The molecule has 9 heteroatoms. The van der Waals surface area contributed by atoms with Gasteiger partial charge in [-0.05, 0) is 31.2 Å². The molecule has 0 atom stereocenters. The van der Waals surface area contributed by atoms with Gasteiger partial charge in [-0.25, -0.2) is 9.78 Å². The van der Waals surface area contributed by atoms with E-state index in [0.717, 1.165) is 10.9 Å². The van der Waals surface area contributed by atoms with Crippen LogP contribution in [0.5, 0.6) is 5.75 Å². The van der Waals surface area contributed by atoms with Crippen LogP contribution in [-0.2, 0) is 10.5 Å². The van der Waals surface area contributed by atoms with E-state index < -0.39 is 5.97 Å². The number of methoxy groups -OCH3 is 1. The number of thioether (sulfide) groups is 1. The number of esters is 1. The van der Waals surface area contributed by atoms with Crippen molar-refractivity contribution < 1.29 is 18.7 Å². The molecule has 2 aromatic heterocycles. The number of carbonyl (C=O) groups is 1. The second-order valence-electron chi connectivity index (χ2n) is 6.23. The average molecular weight is 444 g/mol. The van der Waals surface area contributed by atoms with Crippen LogP contribution in [-0.4, -0.2) is 34.9 Å². The van der Waals surface area contributed by atoms with Gasteiger partial charge in [-0.15, -0.1) is 5.10 Å². The van der Waals surface area contributed by atoms with Gasteiger partial charge in [0.2, 0.25) is 10.9 Å². The number of hydrogen-bond acceptors (Lipinski definition) is 7. The van der Waals surface area contributed by atoms with E-state index >= 15 is 0 Å².